The van der Waals surface area contributed by atoms with Gasteiger partial charge < -0.3 is 5.32 Å². The lowest BCUT2D eigenvalue weighted by Gasteiger charge is -2.29. The molecular weight excluding hydrogens is 364 g/mol. The summed E-state index contributed by atoms with van der Waals surface area (Å²) in [6, 6.07) is 7.12. The van der Waals surface area contributed by atoms with Crippen LogP contribution in [0, 0.1) is 6.92 Å². The van der Waals surface area contributed by atoms with Gasteiger partial charge in [-0.05, 0) is 50.8 Å². The van der Waals surface area contributed by atoms with Crippen molar-refractivity contribution >= 4 is 17.2 Å². The van der Waals surface area contributed by atoms with E-state index >= 15 is 0 Å². The van der Waals surface area contributed by atoms with E-state index in [1.165, 1.54) is 33.1 Å². The van der Waals surface area contributed by atoms with E-state index in [4.69, 9.17) is 0 Å². The Labute approximate surface area is 159 Å². The maximum absolute atomic E-state index is 12.3. The number of nitrogens with one attached hydrogen (secondary N) is 1. The summed E-state index contributed by atoms with van der Waals surface area (Å²) in [7, 11) is 0. The third-order valence-electron chi connectivity index (χ3n) is 4.81. The molecule has 0 unspecified atom stereocenters. The van der Waals surface area contributed by atoms with Crippen molar-refractivity contribution in [3.05, 3.63) is 57.0 Å². The first kappa shape index (κ1) is 17.6. The summed E-state index contributed by atoms with van der Waals surface area (Å²) in [5, 5.41) is 11.6. The summed E-state index contributed by atoms with van der Waals surface area (Å²) in [6.45, 7) is 1.99. The maximum Gasteiger partial charge on any atom is 0.267 e. The van der Waals surface area contributed by atoms with Crippen LogP contribution in [0.25, 0.3) is 5.82 Å². The van der Waals surface area contributed by atoms with E-state index in [-0.39, 0.29) is 23.6 Å². The van der Waals surface area contributed by atoms with E-state index in [0.717, 1.165) is 35.4 Å². The zero-order chi connectivity index (χ0) is 18.8. The smallest absolute Gasteiger partial charge is 0.267 e. The Morgan fingerprint density at radius 2 is 2.00 bits per heavy atom. The van der Waals surface area contributed by atoms with Crippen LogP contribution in [0.5, 0.6) is 0 Å². The lowest BCUT2D eigenvalue weighted by molar-refractivity contribution is 0.0925. The average Bonchev–Trinajstić information content (AvgIpc) is 3.35. The Kier molecular flexibility index (Phi) is 4.85. The summed E-state index contributed by atoms with van der Waals surface area (Å²) in [6.07, 6.45) is 6.21. The van der Waals surface area contributed by atoms with E-state index in [9.17, 15) is 9.59 Å². The number of rotatable bonds is 4. The van der Waals surface area contributed by atoms with E-state index < -0.39 is 0 Å². The molecule has 9 heteroatoms. The van der Waals surface area contributed by atoms with Crippen LogP contribution in [0.1, 0.15) is 46.3 Å². The van der Waals surface area contributed by atoms with Crippen LogP contribution in [0.15, 0.2) is 41.7 Å². The molecule has 8 nitrogen and oxygen atoms in total. The van der Waals surface area contributed by atoms with Gasteiger partial charge in [-0.25, -0.2) is 14.3 Å². The monoisotopic (exact) mass is 384 g/mol. The molecule has 1 fully saturated rings. The number of thiophene rings is 1. The molecule has 1 N–H and O–H groups in total. The van der Waals surface area contributed by atoms with Crippen molar-refractivity contribution < 1.29 is 4.79 Å². The minimum atomic E-state index is -0.125. The molecule has 0 atom stereocenters. The van der Waals surface area contributed by atoms with Crippen molar-refractivity contribution in [1.82, 2.24) is 29.9 Å². The van der Waals surface area contributed by atoms with Crippen LogP contribution in [0.4, 0.5) is 0 Å². The summed E-state index contributed by atoms with van der Waals surface area (Å²) in [5.41, 5.74) is -0.125. The molecule has 1 aliphatic carbocycles. The van der Waals surface area contributed by atoms with Crippen LogP contribution < -0.4 is 10.9 Å². The van der Waals surface area contributed by atoms with Gasteiger partial charge in [0, 0.05) is 17.0 Å². The van der Waals surface area contributed by atoms with Crippen LogP contribution >= 0.6 is 11.3 Å². The predicted octanol–water partition coefficient (Wildman–Crippen LogP) is 2.11. The van der Waals surface area contributed by atoms with Crippen molar-refractivity contribution in [2.75, 3.05) is 0 Å². The Morgan fingerprint density at radius 3 is 2.67 bits per heavy atom. The first-order valence-electron chi connectivity index (χ1n) is 8.92. The second kappa shape index (κ2) is 7.43. The summed E-state index contributed by atoms with van der Waals surface area (Å²) in [4.78, 5) is 30.4. The highest BCUT2D eigenvalue weighted by Gasteiger charge is 2.25. The summed E-state index contributed by atoms with van der Waals surface area (Å²) in [5.74, 6) is 0.551. The van der Waals surface area contributed by atoms with Gasteiger partial charge in [0.25, 0.3) is 11.5 Å². The number of aryl methyl sites for hydroxylation is 1. The van der Waals surface area contributed by atoms with Gasteiger partial charge >= 0.3 is 0 Å². The van der Waals surface area contributed by atoms with Crippen molar-refractivity contribution in [2.24, 2.45) is 0 Å². The molecule has 0 aliphatic heterocycles. The van der Waals surface area contributed by atoms with Gasteiger partial charge in [-0.1, -0.05) is 0 Å². The number of aromatic nitrogens is 5. The van der Waals surface area contributed by atoms with Gasteiger partial charge in [-0.2, -0.15) is 5.10 Å². The SMILES string of the molecule is Cc1ccc(C(=O)NC2CCC(n3nc(-n4cncn4)ccc3=O)CC2)s1. The molecule has 1 saturated carbocycles. The standard InChI is InChI=1S/C18H20N6O2S/c1-12-2-7-15(27-12)18(26)21-13-3-5-14(6-4-13)24-17(25)9-8-16(22-24)23-11-19-10-20-23/h2,7-11,13-14H,3-6H2,1H3,(H,21,26). The number of amides is 1. The van der Waals surface area contributed by atoms with E-state index in [0.29, 0.717) is 5.82 Å². The molecule has 3 aromatic rings. The van der Waals surface area contributed by atoms with Crippen LogP contribution in [0.3, 0.4) is 0 Å². The zero-order valence-corrected chi connectivity index (χ0v) is 15.7. The lowest BCUT2D eigenvalue weighted by Crippen LogP contribution is -2.39. The Hall–Kier alpha value is -2.81. The zero-order valence-electron chi connectivity index (χ0n) is 14.9. The highest BCUT2D eigenvalue weighted by Crippen LogP contribution is 2.27. The molecule has 0 radical (unpaired) electrons. The fourth-order valence-electron chi connectivity index (χ4n) is 3.40. The van der Waals surface area contributed by atoms with E-state index in [1.807, 2.05) is 19.1 Å². The van der Waals surface area contributed by atoms with Gasteiger partial charge in [-0.15, -0.1) is 16.4 Å². The fourth-order valence-corrected chi connectivity index (χ4v) is 4.17. The Morgan fingerprint density at radius 1 is 1.19 bits per heavy atom. The third-order valence-corrected chi connectivity index (χ3v) is 5.81. The molecule has 4 rings (SSSR count). The summed E-state index contributed by atoms with van der Waals surface area (Å²) >= 11 is 1.50. The number of carbonyl (C=O) groups is 1. The van der Waals surface area contributed by atoms with E-state index in [1.54, 1.807) is 12.4 Å². The quantitative estimate of drug-likeness (QED) is 0.743. The van der Waals surface area contributed by atoms with Gasteiger partial charge in [0.05, 0.1) is 10.9 Å². The molecule has 0 saturated heterocycles. The molecule has 0 spiro atoms. The van der Waals surface area contributed by atoms with Gasteiger partial charge in [0.15, 0.2) is 5.82 Å². The molecule has 1 amide bonds. The van der Waals surface area contributed by atoms with Gasteiger partial charge in [-0.3, -0.25) is 9.59 Å². The normalized spacial score (nSPS) is 19.7. The summed E-state index contributed by atoms with van der Waals surface area (Å²) < 4.78 is 3.07. The third kappa shape index (κ3) is 3.82. The number of nitrogens with zero attached hydrogens (tertiary/aromatic N) is 5. The number of hydrogen-bond donors (Lipinski definition) is 1. The molecule has 140 valence electrons. The van der Waals surface area contributed by atoms with Crippen LogP contribution in [-0.2, 0) is 0 Å². The van der Waals surface area contributed by atoms with Crippen LogP contribution in [0.2, 0.25) is 0 Å². The molecule has 3 aromatic heterocycles. The van der Waals surface area contributed by atoms with Crippen molar-refractivity contribution in [3.8, 4) is 5.82 Å². The Bertz CT molecular complexity index is 985. The number of hydrogen-bond acceptors (Lipinski definition) is 6. The van der Waals surface area contributed by atoms with Crippen molar-refractivity contribution in [1.29, 1.82) is 0 Å². The average molecular weight is 384 g/mol. The second-order valence-corrected chi connectivity index (χ2v) is 7.99. The molecular formula is C18H20N6O2S. The minimum absolute atomic E-state index is 0.0139. The van der Waals surface area contributed by atoms with Gasteiger partial charge in [0.1, 0.15) is 12.7 Å². The molecule has 1 aliphatic rings. The van der Waals surface area contributed by atoms with E-state index in [2.05, 4.69) is 20.5 Å². The molecule has 3 heterocycles. The Balaban J connectivity index is 1.41. The highest BCUT2D eigenvalue weighted by molar-refractivity contribution is 7.13. The fraction of sp³-hybridized carbons (Fsp3) is 0.389. The first-order chi connectivity index (χ1) is 13.1. The number of carbonyl (C=O) groups excluding carboxylic acids is 1. The molecule has 27 heavy (non-hydrogen) atoms. The van der Waals surface area contributed by atoms with Crippen molar-refractivity contribution in [3.63, 3.8) is 0 Å². The predicted molar refractivity (Wildman–Crippen MR) is 101 cm³/mol. The first-order valence-corrected chi connectivity index (χ1v) is 9.74. The lowest BCUT2D eigenvalue weighted by atomic mass is 9.91. The second-order valence-electron chi connectivity index (χ2n) is 6.70. The maximum atomic E-state index is 12.3. The van der Waals surface area contributed by atoms with Crippen LogP contribution in [-0.4, -0.2) is 36.5 Å². The highest BCUT2D eigenvalue weighted by atomic mass is 32.1. The molecule has 0 aromatic carbocycles. The van der Waals surface area contributed by atoms with Crippen molar-refractivity contribution in [2.45, 2.75) is 44.7 Å². The van der Waals surface area contributed by atoms with Gasteiger partial charge in [0.2, 0.25) is 0 Å². The minimum Gasteiger partial charge on any atom is -0.349 e. The topological polar surface area (TPSA) is 94.7 Å². The largest absolute Gasteiger partial charge is 0.349 e. The molecule has 0 bridgehead atoms.